The second kappa shape index (κ2) is 9.52. The number of para-hydroxylation sites is 2. The molecule has 2 aromatic heterocycles. The van der Waals surface area contributed by atoms with Crippen molar-refractivity contribution in [3.05, 3.63) is 72.4 Å². The van der Waals surface area contributed by atoms with E-state index < -0.39 is 0 Å². The number of hydrogen-bond donors (Lipinski definition) is 1. The van der Waals surface area contributed by atoms with Crippen LogP contribution < -0.4 is 10.1 Å². The van der Waals surface area contributed by atoms with E-state index in [-0.39, 0.29) is 5.91 Å². The summed E-state index contributed by atoms with van der Waals surface area (Å²) in [6.07, 6.45) is 2.37. The van der Waals surface area contributed by atoms with Crippen molar-refractivity contribution in [2.75, 3.05) is 45.7 Å². The molecule has 34 heavy (non-hydrogen) atoms. The van der Waals surface area contributed by atoms with Crippen LogP contribution >= 0.6 is 0 Å². The number of anilines is 2. The lowest BCUT2D eigenvalue weighted by Gasteiger charge is -2.32. The van der Waals surface area contributed by atoms with E-state index in [4.69, 9.17) is 4.74 Å². The molecule has 1 N–H and O–H groups in total. The largest absolute Gasteiger partial charge is 0.495 e. The normalized spacial score (nSPS) is 14.4. The molecule has 1 saturated heterocycles. The highest BCUT2D eigenvalue weighted by Crippen LogP contribution is 2.26. The van der Waals surface area contributed by atoms with Gasteiger partial charge in [-0.2, -0.15) is 4.98 Å². The van der Waals surface area contributed by atoms with Gasteiger partial charge in [0.1, 0.15) is 5.75 Å². The standard InChI is InChI=1S/C26H28N6O2/c1-30-12-14-31(15-13-30)25(33)17-19-6-5-7-20(16-19)21-10-11-24-28-26(29-32(24)18-21)27-22-8-3-4-9-23(22)34-2/h3-11,16,18H,12-15,17H2,1-2H3,(H,27,29). The molecule has 8 nitrogen and oxygen atoms in total. The Morgan fingerprint density at radius 2 is 1.82 bits per heavy atom. The summed E-state index contributed by atoms with van der Waals surface area (Å²) < 4.78 is 7.16. The molecule has 1 aliphatic heterocycles. The highest BCUT2D eigenvalue weighted by Gasteiger charge is 2.19. The van der Waals surface area contributed by atoms with Crippen LogP contribution in [0.15, 0.2) is 66.9 Å². The highest BCUT2D eigenvalue weighted by molar-refractivity contribution is 5.79. The Bertz CT molecular complexity index is 1310. The minimum Gasteiger partial charge on any atom is -0.495 e. The van der Waals surface area contributed by atoms with Gasteiger partial charge in [0, 0.05) is 37.9 Å². The van der Waals surface area contributed by atoms with Crippen molar-refractivity contribution in [3.63, 3.8) is 0 Å². The lowest BCUT2D eigenvalue weighted by molar-refractivity contribution is -0.132. The Hall–Kier alpha value is -3.91. The monoisotopic (exact) mass is 456 g/mol. The van der Waals surface area contributed by atoms with Gasteiger partial charge in [-0.1, -0.05) is 36.4 Å². The fraction of sp³-hybridized carbons (Fsp3) is 0.269. The average Bonchev–Trinajstić information content (AvgIpc) is 3.26. The second-order valence-corrected chi connectivity index (χ2v) is 8.54. The van der Waals surface area contributed by atoms with E-state index >= 15 is 0 Å². The van der Waals surface area contributed by atoms with Crippen LogP contribution in [0.1, 0.15) is 5.56 Å². The third-order valence-corrected chi connectivity index (χ3v) is 6.16. The summed E-state index contributed by atoms with van der Waals surface area (Å²) in [5.41, 5.74) is 4.61. The predicted octanol–water partition coefficient (Wildman–Crippen LogP) is 3.47. The topological polar surface area (TPSA) is 75.0 Å². The number of nitrogens with one attached hydrogen (secondary N) is 1. The molecule has 0 aliphatic carbocycles. The Balaban J connectivity index is 1.33. The van der Waals surface area contributed by atoms with Crippen LogP contribution in [0.4, 0.5) is 11.6 Å². The molecule has 3 heterocycles. The molecule has 1 aliphatic rings. The number of methoxy groups -OCH3 is 1. The summed E-state index contributed by atoms with van der Waals surface area (Å²) in [5, 5.41) is 7.81. The van der Waals surface area contributed by atoms with Crippen LogP contribution in [-0.4, -0.2) is 70.6 Å². The van der Waals surface area contributed by atoms with E-state index in [2.05, 4.69) is 39.5 Å². The van der Waals surface area contributed by atoms with Crippen molar-refractivity contribution in [1.29, 1.82) is 0 Å². The molecule has 0 bridgehead atoms. The average molecular weight is 457 g/mol. The summed E-state index contributed by atoms with van der Waals surface area (Å²) in [6.45, 7) is 3.45. The first-order valence-electron chi connectivity index (χ1n) is 11.4. The number of benzene rings is 2. The summed E-state index contributed by atoms with van der Waals surface area (Å²) in [7, 11) is 3.73. The fourth-order valence-corrected chi connectivity index (χ4v) is 4.18. The van der Waals surface area contributed by atoms with Gasteiger partial charge < -0.3 is 19.9 Å². The van der Waals surface area contributed by atoms with Gasteiger partial charge in [-0.15, -0.1) is 5.10 Å². The van der Waals surface area contributed by atoms with Crippen LogP contribution in [0.5, 0.6) is 5.75 Å². The molecule has 8 heteroatoms. The fourth-order valence-electron chi connectivity index (χ4n) is 4.18. The first-order valence-corrected chi connectivity index (χ1v) is 11.4. The van der Waals surface area contributed by atoms with Gasteiger partial charge >= 0.3 is 0 Å². The van der Waals surface area contributed by atoms with Gasteiger partial charge in [-0.3, -0.25) is 4.79 Å². The summed E-state index contributed by atoms with van der Waals surface area (Å²) >= 11 is 0. The molecule has 1 amide bonds. The van der Waals surface area contributed by atoms with E-state index in [1.807, 2.05) is 59.6 Å². The molecule has 2 aromatic carbocycles. The van der Waals surface area contributed by atoms with Gasteiger partial charge in [0.15, 0.2) is 5.65 Å². The van der Waals surface area contributed by atoms with E-state index in [9.17, 15) is 4.79 Å². The Labute approximate surface area is 198 Å². The number of fused-ring (bicyclic) bond motifs is 1. The maximum Gasteiger partial charge on any atom is 0.247 e. The number of amides is 1. The highest BCUT2D eigenvalue weighted by atomic mass is 16.5. The maximum atomic E-state index is 12.8. The van der Waals surface area contributed by atoms with Crippen LogP contribution in [0.25, 0.3) is 16.8 Å². The van der Waals surface area contributed by atoms with Gasteiger partial charge in [0.05, 0.1) is 19.2 Å². The number of rotatable bonds is 6. The van der Waals surface area contributed by atoms with Gasteiger partial charge in [-0.05, 0) is 42.4 Å². The zero-order chi connectivity index (χ0) is 23.5. The smallest absolute Gasteiger partial charge is 0.247 e. The summed E-state index contributed by atoms with van der Waals surface area (Å²) in [6, 6.07) is 19.8. The van der Waals surface area contributed by atoms with Crippen molar-refractivity contribution in [2.24, 2.45) is 0 Å². The number of pyridine rings is 1. The molecule has 4 aromatic rings. The molecule has 0 atom stereocenters. The van der Waals surface area contributed by atoms with E-state index in [0.29, 0.717) is 12.4 Å². The molecular weight excluding hydrogens is 428 g/mol. The van der Waals surface area contributed by atoms with E-state index in [1.54, 1.807) is 11.6 Å². The lowest BCUT2D eigenvalue weighted by Crippen LogP contribution is -2.47. The lowest BCUT2D eigenvalue weighted by atomic mass is 10.0. The van der Waals surface area contributed by atoms with Crippen molar-refractivity contribution < 1.29 is 9.53 Å². The van der Waals surface area contributed by atoms with Crippen molar-refractivity contribution in [3.8, 4) is 16.9 Å². The molecule has 0 spiro atoms. The zero-order valence-electron chi connectivity index (χ0n) is 19.4. The molecule has 1 fully saturated rings. The number of ether oxygens (including phenoxy) is 1. The molecule has 0 radical (unpaired) electrons. The molecular formula is C26H28N6O2. The zero-order valence-corrected chi connectivity index (χ0v) is 19.4. The first-order chi connectivity index (χ1) is 16.6. The van der Waals surface area contributed by atoms with Crippen molar-refractivity contribution in [1.82, 2.24) is 24.4 Å². The van der Waals surface area contributed by atoms with Gasteiger partial charge in [0.25, 0.3) is 0 Å². The van der Waals surface area contributed by atoms with Crippen LogP contribution in [-0.2, 0) is 11.2 Å². The number of likely N-dealkylation sites (N-methyl/N-ethyl adjacent to an activating group) is 1. The molecule has 5 rings (SSSR count). The van der Waals surface area contributed by atoms with Crippen molar-refractivity contribution >= 4 is 23.2 Å². The molecule has 174 valence electrons. The number of piperazine rings is 1. The van der Waals surface area contributed by atoms with Crippen LogP contribution in [0.3, 0.4) is 0 Å². The SMILES string of the molecule is COc1ccccc1Nc1nc2ccc(-c3cccc(CC(=O)N4CCN(C)CC4)c3)cn2n1. The summed E-state index contributed by atoms with van der Waals surface area (Å²) in [4.78, 5) is 21.5. The number of aromatic nitrogens is 3. The van der Waals surface area contributed by atoms with Crippen molar-refractivity contribution in [2.45, 2.75) is 6.42 Å². The number of nitrogens with zero attached hydrogens (tertiary/aromatic N) is 5. The second-order valence-electron chi connectivity index (χ2n) is 8.54. The third kappa shape index (κ3) is 4.72. The van der Waals surface area contributed by atoms with Crippen LogP contribution in [0, 0.1) is 0 Å². The molecule has 0 unspecified atom stereocenters. The number of hydrogen-bond acceptors (Lipinski definition) is 6. The number of carbonyl (C=O) groups excluding carboxylic acids is 1. The Morgan fingerprint density at radius 1 is 1.00 bits per heavy atom. The van der Waals surface area contributed by atoms with Gasteiger partial charge in [-0.25, -0.2) is 4.52 Å². The minimum atomic E-state index is 0.184. The third-order valence-electron chi connectivity index (χ3n) is 6.16. The predicted molar refractivity (Wildman–Crippen MR) is 132 cm³/mol. The minimum absolute atomic E-state index is 0.184. The quantitative estimate of drug-likeness (QED) is 0.479. The first kappa shape index (κ1) is 21.9. The van der Waals surface area contributed by atoms with Crippen LogP contribution in [0.2, 0.25) is 0 Å². The Kier molecular flexibility index (Phi) is 6.14. The van der Waals surface area contributed by atoms with E-state index in [1.165, 1.54) is 0 Å². The Morgan fingerprint density at radius 3 is 2.65 bits per heavy atom. The number of carbonyl (C=O) groups is 1. The summed E-state index contributed by atoms with van der Waals surface area (Å²) in [5.74, 6) is 1.40. The van der Waals surface area contributed by atoms with E-state index in [0.717, 1.165) is 60.0 Å². The molecule has 0 saturated carbocycles. The maximum absolute atomic E-state index is 12.8. The van der Waals surface area contributed by atoms with Gasteiger partial charge in [0.2, 0.25) is 11.9 Å².